The molecule has 8 nitrogen and oxygen atoms in total. The van der Waals surface area contributed by atoms with E-state index >= 15 is 0 Å². The second kappa shape index (κ2) is 8.69. The smallest absolute Gasteiger partial charge is 0.332 e. The molecule has 0 aromatic rings. The van der Waals surface area contributed by atoms with E-state index in [9.17, 15) is 14.7 Å². The van der Waals surface area contributed by atoms with Gasteiger partial charge in [-0.05, 0) is 38.7 Å². The van der Waals surface area contributed by atoms with Gasteiger partial charge in [0.05, 0.1) is 12.7 Å². The second-order valence-electron chi connectivity index (χ2n) is 7.44. The van der Waals surface area contributed by atoms with Crippen molar-refractivity contribution in [1.82, 2.24) is 0 Å². The maximum atomic E-state index is 12.7. The summed E-state index contributed by atoms with van der Waals surface area (Å²) < 4.78 is 27.2. The van der Waals surface area contributed by atoms with Crippen LogP contribution in [-0.4, -0.2) is 75.7 Å². The maximum Gasteiger partial charge on any atom is 0.332 e. The quantitative estimate of drug-likeness (QED) is 0.619. The lowest BCUT2D eigenvalue weighted by molar-refractivity contribution is -0.239. The van der Waals surface area contributed by atoms with Gasteiger partial charge in [-0.2, -0.15) is 0 Å². The van der Waals surface area contributed by atoms with E-state index < -0.39 is 46.5 Å². The van der Waals surface area contributed by atoms with Gasteiger partial charge < -0.3 is 28.8 Å². The number of aliphatic hydroxyl groups excluding tert-OH is 1. The number of carbonyl (C=O) groups excluding carboxylic acids is 2. The first-order valence-electron chi connectivity index (χ1n) is 9.49. The summed E-state index contributed by atoms with van der Waals surface area (Å²) in [6, 6.07) is 0. The van der Waals surface area contributed by atoms with Gasteiger partial charge in [0, 0.05) is 13.3 Å². The van der Waals surface area contributed by atoms with Crippen molar-refractivity contribution in [3.05, 3.63) is 0 Å². The summed E-state index contributed by atoms with van der Waals surface area (Å²) in [5.74, 6) is -0.0901. The predicted octanol–water partition coefficient (Wildman–Crippen LogP) is 1.68. The number of aliphatic hydroxyl groups is 1. The summed E-state index contributed by atoms with van der Waals surface area (Å²) in [7, 11) is 0. The van der Waals surface area contributed by atoms with Crippen LogP contribution in [0.15, 0.2) is 0 Å². The van der Waals surface area contributed by atoms with Crippen LogP contribution in [0, 0.1) is 0 Å². The molecule has 3 aliphatic heterocycles. The first-order chi connectivity index (χ1) is 13.2. The molecule has 3 fully saturated rings. The highest BCUT2D eigenvalue weighted by atomic mass is 32.2. The van der Waals surface area contributed by atoms with Crippen molar-refractivity contribution in [2.45, 2.75) is 81.1 Å². The highest BCUT2D eigenvalue weighted by Crippen LogP contribution is 2.48. The number of thioether (sulfide) groups is 2. The summed E-state index contributed by atoms with van der Waals surface area (Å²) in [4.78, 5) is 24.1. The Hall–Kier alpha value is -0.520. The van der Waals surface area contributed by atoms with Crippen LogP contribution in [0.3, 0.4) is 0 Å². The molecular formula is C18H28O8S2. The minimum absolute atomic E-state index is 0.144. The Morgan fingerprint density at radius 2 is 1.86 bits per heavy atom. The predicted molar refractivity (Wildman–Crippen MR) is 104 cm³/mol. The first-order valence-corrected chi connectivity index (χ1v) is 11.5. The number of esters is 2. The normalized spacial score (nSPS) is 34.5. The van der Waals surface area contributed by atoms with Gasteiger partial charge in [0.25, 0.3) is 0 Å². The van der Waals surface area contributed by atoms with Crippen molar-refractivity contribution >= 4 is 35.5 Å². The molecule has 3 aliphatic rings. The topological polar surface area (TPSA) is 101 Å². The number of rotatable bonds is 6. The zero-order valence-electron chi connectivity index (χ0n) is 16.5. The average molecular weight is 437 g/mol. The van der Waals surface area contributed by atoms with E-state index in [1.807, 2.05) is 0 Å². The zero-order chi connectivity index (χ0) is 20.5. The molecule has 0 aromatic carbocycles. The lowest BCUT2D eigenvalue weighted by Crippen LogP contribution is -2.46. The molecule has 3 saturated heterocycles. The molecule has 0 radical (unpaired) electrons. The number of hydrogen-bond acceptors (Lipinski definition) is 10. The Bertz CT molecular complexity index is 592. The minimum Gasteiger partial charge on any atom is -0.464 e. The molecule has 0 aromatic heterocycles. The van der Waals surface area contributed by atoms with Crippen LogP contribution >= 0.6 is 23.5 Å². The van der Waals surface area contributed by atoms with Crippen molar-refractivity contribution in [3.63, 3.8) is 0 Å². The van der Waals surface area contributed by atoms with Crippen molar-refractivity contribution in [1.29, 1.82) is 0 Å². The third-order valence-corrected chi connectivity index (χ3v) is 8.02. The molecule has 28 heavy (non-hydrogen) atoms. The molecule has 1 unspecified atom stereocenters. The fourth-order valence-electron chi connectivity index (χ4n) is 3.69. The molecule has 0 spiro atoms. The van der Waals surface area contributed by atoms with Crippen LogP contribution in [-0.2, 0) is 33.3 Å². The Kier molecular flexibility index (Phi) is 6.88. The van der Waals surface area contributed by atoms with Gasteiger partial charge in [0.2, 0.25) is 6.29 Å². The van der Waals surface area contributed by atoms with E-state index in [-0.39, 0.29) is 19.0 Å². The molecular weight excluding hydrogens is 408 g/mol. The zero-order valence-corrected chi connectivity index (χ0v) is 18.2. The van der Waals surface area contributed by atoms with Crippen molar-refractivity contribution < 1.29 is 38.4 Å². The van der Waals surface area contributed by atoms with Crippen LogP contribution in [0.25, 0.3) is 0 Å². The number of ether oxygens (including phenoxy) is 5. The van der Waals surface area contributed by atoms with Crippen LogP contribution in [0.1, 0.15) is 40.5 Å². The molecule has 0 amide bonds. The van der Waals surface area contributed by atoms with E-state index in [1.165, 1.54) is 30.4 Å². The van der Waals surface area contributed by atoms with E-state index in [2.05, 4.69) is 0 Å². The molecule has 0 aliphatic carbocycles. The Morgan fingerprint density at radius 1 is 1.21 bits per heavy atom. The number of hydrogen-bond donors (Lipinski definition) is 1. The van der Waals surface area contributed by atoms with E-state index in [4.69, 9.17) is 23.7 Å². The van der Waals surface area contributed by atoms with Crippen LogP contribution < -0.4 is 0 Å². The van der Waals surface area contributed by atoms with E-state index in [0.29, 0.717) is 0 Å². The van der Waals surface area contributed by atoms with Crippen molar-refractivity contribution in [3.8, 4) is 0 Å². The van der Waals surface area contributed by atoms with E-state index in [0.717, 1.165) is 17.9 Å². The van der Waals surface area contributed by atoms with Crippen LogP contribution in [0.2, 0.25) is 0 Å². The van der Waals surface area contributed by atoms with Crippen LogP contribution in [0.4, 0.5) is 0 Å². The SMILES string of the molecule is CCOC(=O)C1(C[C@@H](O)[C@H]2OC(OC(C)=O)[C@H]3OC(C)(C)O[C@@H]23)SCCCS1. The molecule has 10 heteroatoms. The highest BCUT2D eigenvalue weighted by Gasteiger charge is 2.59. The summed E-state index contributed by atoms with van der Waals surface area (Å²) in [6.45, 7) is 6.84. The fourth-order valence-corrected chi connectivity index (χ4v) is 6.87. The number of fused-ring (bicyclic) bond motifs is 1. The Morgan fingerprint density at radius 3 is 2.46 bits per heavy atom. The monoisotopic (exact) mass is 436 g/mol. The van der Waals surface area contributed by atoms with Crippen molar-refractivity contribution in [2.24, 2.45) is 0 Å². The lowest BCUT2D eigenvalue weighted by Gasteiger charge is -2.36. The van der Waals surface area contributed by atoms with E-state index in [1.54, 1.807) is 20.8 Å². The molecule has 0 bridgehead atoms. The molecule has 3 heterocycles. The fraction of sp³-hybridized carbons (Fsp3) is 0.889. The third kappa shape index (κ3) is 4.62. The first kappa shape index (κ1) is 22.2. The van der Waals surface area contributed by atoms with Crippen LogP contribution in [0.5, 0.6) is 0 Å². The number of carbonyl (C=O) groups is 2. The summed E-state index contributed by atoms with van der Waals surface area (Å²) in [6.07, 6.45) is -2.87. The molecule has 160 valence electrons. The minimum atomic E-state index is -1.02. The third-order valence-electron chi connectivity index (χ3n) is 4.73. The molecule has 3 rings (SSSR count). The maximum absolute atomic E-state index is 12.7. The second-order valence-corrected chi connectivity index (χ2v) is 10.5. The average Bonchev–Trinajstić information content (AvgIpc) is 3.09. The van der Waals surface area contributed by atoms with Gasteiger partial charge in [-0.3, -0.25) is 4.79 Å². The summed E-state index contributed by atoms with van der Waals surface area (Å²) in [5.41, 5.74) is 0. The Labute approximate surface area is 173 Å². The standard InChI is InChI=1S/C18H28O8S2/c1-5-22-16(21)18(27-7-6-8-28-18)9-11(20)12-13-14(26-17(3,4)25-13)15(24-12)23-10(2)19/h11-15,20H,5-9H2,1-4H3/t11-,12-,13+,14+,15?/m1/s1. The van der Waals surface area contributed by atoms with Crippen molar-refractivity contribution in [2.75, 3.05) is 18.1 Å². The van der Waals surface area contributed by atoms with Gasteiger partial charge in [0.15, 0.2) is 16.0 Å². The van der Waals surface area contributed by atoms with Gasteiger partial charge >= 0.3 is 11.9 Å². The van der Waals surface area contributed by atoms with Gasteiger partial charge in [-0.25, -0.2) is 4.79 Å². The van der Waals surface area contributed by atoms with Gasteiger partial charge in [-0.1, -0.05) is 0 Å². The lowest BCUT2D eigenvalue weighted by atomic mass is 10.0. The summed E-state index contributed by atoms with van der Waals surface area (Å²) in [5, 5.41) is 11.0. The Balaban J connectivity index is 1.77. The summed E-state index contributed by atoms with van der Waals surface area (Å²) >= 11 is 3.00. The highest BCUT2D eigenvalue weighted by molar-refractivity contribution is 8.19. The molecule has 5 atom stereocenters. The van der Waals surface area contributed by atoms with Gasteiger partial charge in [0.1, 0.15) is 12.2 Å². The largest absolute Gasteiger partial charge is 0.464 e. The van der Waals surface area contributed by atoms with Gasteiger partial charge in [-0.15, -0.1) is 23.5 Å². The molecule has 1 N–H and O–H groups in total. The molecule has 0 saturated carbocycles.